The van der Waals surface area contributed by atoms with Crippen molar-refractivity contribution < 1.29 is 13.2 Å². The zero-order chi connectivity index (χ0) is 16.9. The standard InChI is InChI=1S/C15H22ClN3O3S/c1-2-11-23(21,22)18-12-7-9-19(10-8-12)15(20)17-14-6-4-3-5-13(14)16/h3-6,12,18H,2,7-11H2,1H3,(H,17,20). The maximum Gasteiger partial charge on any atom is 0.321 e. The Bertz CT molecular complexity index is 643. The number of para-hydroxylation sites is 1. The average molecular weight is 360 g/mol. The fourth-order valence-electron chi connectivity index (χ4n) is 2.54. The summed E-state index contributed by atoms with van der Waals surface area (Å²) < 4.78 is 26.3. The van der Waals surface area contributed by atoms with Gasteiger partial charge in [0, 0.05) is 19.1 Å². The lowest BCUT2D eigenvalue weighted by Crippen LogP contribution is -2.48. The van der Waals surface area contributed by atoms with E-state index in [9.17, 15) is 13.2 Å². The number of hydrogen-bond acceptors (Lipinski definition) is 3. The van der Waals surface area contributed by atoms with Crippen molar-refractivity contribution in [1.82, 2.24) is 9.62 Å². The van der Waals surface area contributed by atoms with Crippen LogP contribution >= 0.6 is 11.6 Å². The Kier molecular flexibility index (Phi) is 6.26. The molecule has 0 saturated carbocycles. The molecule has 1 saturated heterocycles. The monoisotopic (exact) mass is 359 g/mol. The third-order valence-electron chi connectivity index (χ3n) is 3.72. The van der Waals surface area contributed by atoms with Gasteiger partial charge < -0.3 is 10.2 Å². The number of sulfonamides is 1. The van der Waals surface area contributed by atoms with Crippen molar-refractivity contribution in [1.29, 1.82) is 0 Å². The van der Waals surface area contributed by atoms with Crippen LogP contribution in [0, 0.1) is 0 Å². The second kappa shape index (κ2) is 7.99. The fourth-order valence-corrected chi connectivity index (χ4v) is 4.12. The summed E-state index contributed by atoms with van der Waals surface area (Å²) in [6.45, 7) is 2.85. The molecule has 0 radical (unpaired) electrons. The van der Waals surface area contributed by atoms with Gasteiger partial charge in [0.15, 0.2) is 0 Å². The molecule has 1 aromatic rings. The highest BCUT2D eigenvalue weighted by atomic mass is 35.5. The minimum atomic E-state index is -3.21. The lowest BCUT2D eigenvalue weighted by Gasteiger charge is -2.32. The number of piperidine rings is 1. The SMILES string of the molecule is CCCS(=O)(=O)NC1CCN(C(=O)Nc2ccccc2Cl)CC1. The van der Waals surface area contributed by atoms with E-state index >= 15 is 0 Å². The Hall–Kier alpha value is -1.31. The van der Waals surface area contributed by atoms with E-state index in [2.05, 4.69) is 10.0 Å². The Morgan fingerprint density at radius 2 is 1.96 bits per heavy atom. The number of halogens is 1. The Morgan fingerprint density at radius 1 is 1.30 bits per heavy atom. The van der Waals surface area contributed by atoms with Gasteiger partial charge in [0.25, 0.3) is 0 Å². The second-order valence-corrected chi connectivity index (χ2v) is 7.89. The number of anilines is 1. The number of rotatable bonds is 5. The summed E-state index contributed by atoms with van der Waals surface area (Å²) in [5.74, 6) is 0.139. The molecule has 6 nitrogen and oxygen atoms in total. The molecule has 0 aliphatic carbocycles. The van der Waals surface area contributed by atoms with E-state index in [1.165, 1.54) is 0 Å². The normalized spacial score (nSPS) is 16.3. The lowest BCUT2D eigenvalue weighted by molar-refractivity contribution is 0.193. The van der Waals surface area contributed by atoms with Gasteiger partial charge >= 0.3 is 6.03 Å². The number of hydrogen-bond donors (Lipinski definition) is 2. The molecule has 0 bridgehead atoms. The quantitative estimate of drug-likeness (QED) is 0.848. The molecular formula is C15H22ClN3O3S. The summed E-state index contributed by atoms with van der Waals surface area (Å²) in [5.41, 5.74) is 0.574. The first-order valence-electron chi connectivity index (χ1n) is 7.71. The Morgan fingerprint density at radius 3 is 2.57 bits per heavy atom. The van der Waals surface area contributed by atoms with Crippen molar-refractivity contribution in [2.24, 2.45) is 0 Å². The Labute approximate surface area is 142 Å². The summed E-state index contributed by atoms with van der Waals surface area (Å²) in [7, 11) is -3.21. The van der Waals surface area contributed by atoms with Crippen molar-refractivity contribution in [3.8, 4) is 0 Å². The van der Waals surface area contributed by atoms with Crippen molar-refractivity contribution in [3.63, 3.8) is 0 Å². The van der Waals surface area contributed by atoms with Crippen LogP contribution < -0.4 is 10.0 Å². The van der Waals surface area contributed by atoms with Crippen LogP contribution in [0.4, 0.5) is 10.5 Å². The van der Waals surface area contributed by atoms with Crippen molar-refractivity contribution in [2.45, 2.75) is 32.2 Å². The first-order chi connectivity index (χ1) is 10.9. The average Bonchev–Trinajstić information content (AvgIpc) is 2.49. The minimum Gasteiger partial charge on any atom is -0.324 e. The maximum atomic E-state index is 12.2. The van der Waals surface area contributed by atoms with Crippen LogP contribution in [0.25, 0.3) is 0 Å². The smallest absolute Gasteiger partial charge is 0.321 e. The van der Waals surface area contributed by atoms with Gasteiger partial charge in [-0.05, 0) is 31.4 Å². The van der Waals surface area contributed by atoms with Gasteiger partial charge in [-0.2, -0.15) is 0 Å². The molecule has 0 unspecified atom stereocenters. The minimum absolute atomic E-state index is 0.101. The van der Waals surface area contributed by atoms with Gasteiger partial charge in [-0.1, -0.05) is 30.7 Å². The van der Waals surface area contributed by atoms with Gasteiger partial charge in [0.2, 0.25) is 10.0 Å². The largest absolute Gasteiger partial charge is 0.324 e. The van der Waals surface area contributed by atoms with Crippen molar-refractivity contribution >= 4 is 33.3 Å². The van der Waals surface area contributed by atoms with E-state index in [4.69, 9.17) is 11.6 Å². The van der Waals surface area contributed by atoms with E-state index in [-0.39, 0.29) is 17.8 Å². The predicted molar refractivity (Wildman–Crippen MR) is 92.3 cm³/mol. The number of carbonyl (C=O) groups excluding carboxylic acids is 1. The first-order valence-corrected chi connectivity index (χ1v) is 9.75. The molecule has 0 spiro atoms. The molecule has 1 fully saturated rings. The van der Waals surface area contributed by atoms with Gasteiger partial charge in [-0.25, -0.2) is 17.9 Å². The molecule has 2 rings (SSSR count). The number of nitrogens with one attached hydrogen (secondary N) is 2. The molecule has 1 aromatic carbocycles. The van der Waals surface area contributed by atoms with Crippen LogP contribution in [-0.2, 0) is 10.0 Å². The third-order valence-corrected chi connectivity index (χ3v) is 5.68. The van der Waals surface area contributed by atoms with Crippen LogP contribution in [-0.4, -0.2) is 44.2 Å². The van der Waals surface area contributed by atoms with Crippen LogP contribution in [0.5, 0.6) is 0 Å². The zero-order valence-corrected chi connectivity index (χ0v) is 14.7. The molecule has 2 N–H and O–H groups in total. The molecular weight excluding hydrogens is 338 g/mol. The third kappa shape index (κ3) is 5.37. The topological polar surface area (TPSA) is 78.5 Å². The summed E-state index contributed by atoms with van der Waals surface area (Å²) >= 11 is 6.02. The van der Waals surface area contributed by atoms with Crippen LogP contribution in [0.3, 0.4) is 0 Å². The number of carbonyl (C=O) groups is 1. The molecule has 128 valence electrons. The molecule has 2 amide bonds. The van der Waals surface area contributed by atoms with Gasteiger partial charge in [0.1, 0.15) is 0 Å². The number of nitrogens with zero attached hydrogens (tertiary/aromatic N) is 1. The fraction of sp³-hybridized carbons (Fsp3) is 0.533. The highest BCUT2D eigenvalue weighted by Crippen LogP contribution is 2.21. The van der Waals surface area contributed by atoms with E-state index in [0.717, 1.165) is 0 Å². The van der Waals surface area contributed by atoms with E-state index < -0.39 is 10.0 Å². The molecule has 1 aliphatic heterocycles. The van der Waals surface area contributed by atoms with E-state index in [0.29, 0.717) is 43.1 Å². The number of urea groups is 1. The van der Waals surface area contributed by atoms with Crippen molar-refractivity contribution in [3.05, 3.63) is 29.3 Å². The number of likely N-dealkylation sites (tertiary alicyclic amines) is 1. The van der Waals surface area contributed by atoms with Gasteiger partial charge in [-0.3, -0.25) is 0 Å². The maximum absolute atomic E-state index is 12.2. The van der Waals surface area contributed by atoms with Crippen LogP contribution in [0.1, 0.15) is 26.2 Å². The van der Waals surface area contributed by atoms with Crippen molar-refractivity contribution in [2.75, 3.05) is 24.2 Å². The molecule has 1 aliphatic rings. The highest BCUT2D eigenvalue weighted by molar-refractivity contribution is 7.89. The molecule has 0 atom stereocenters. The highest BCUT2D eigenvalue weighted by Gasteiger charge is 2.25. The number of benzene rings is 1. The molecule has 1 heterocycles. The van der Waals surface area contributed by atoms with E-state index in [1.807, 2.05) is 6.92 Å². The Balaban J connectivity index is 1.84. The van der Waals surface area contributed by atoms with Gasteiger partial charge in [-0.15, -0.1) is 0 Å². The number of amides is 2. The summed E-state index contributed by atoms with van der Waals surface area (Å²) in [4.78, 5) is 13.9. The van der Waals surface area contributed by atoms with Crippen LogP contribution in [0.2, 0.25) is 5.02 Å². The molecule has 23 heavy (non-hydrogen) atoms. The molecule has 8 heteroatoms. The van der Waals surface area contributed by atoms with Crippen LogP contribution in [0.15, 0.2) is 24.3 Å². The lowest BCUT2D eigenvalue weighted by atomic mass is 10.1. The van der Waals surface area contributed by atoms with Gasteiger partial charge in [0.05, 0.1) is 16.5 Å². The summed E-state index contributed by atoms with van der Waals surface area (Å²) in [6, 6.07) is 6.74. The summed E-state index contributed by atoms with van der Waals surface area (Å²) in [5, 5.41) is 3.27. The molecule has 0 aromatic heterocycles. The second-order valence-electron chi connectivity index (χ2n) is 5.61. The first kappa shape index (κ1) is 18.0. The predicted octanol–water partition coefficient (Wildman–Crippen LogP) is 2.67. The summed E-state index contributed by atoms with van der Waals surface area (Å²) in [6.07, 6.45) is 1.81. The van der Waals surface area contributed by atoms with E-state index in [1.54, 1.807) is 29.2 Å². The zero-order valence-electron chi connectivity index (χ0n) is 13.1.